The molecular weight excluding hydrogens is 180 g/mol. The number of aliphatic carboxylic acids is 1. The van der Waals surface area contributed by atoms with Crippen LogP contribution < -0.4 is 16.2 Å². The summed E-state index contributed by atoms with van der Waals surface area (Å²) in [6.45, 7) is 3.20. The SMILES string of the molecule is C=C(CC(=O)[O-])C(=O)NC(N)=S. The van der Waals surface area contributed by atoms with Gasteiger partial charge in [-0.15, -0.1) is 0 Å². The van der Waals surface area contributed by atoms with Gasteiger partial charge in [-0.05, 0) is 12.2 Å². The number of hydrogen-bond donors (Lipinski definition) is 2. The molecule has 0 bridgehead atoms. The van der Waals surface area contributed by atoms with Gasteiger partial charge >= 0.3 is 0 Å². The Balaban J connectivity index is 4.03. The molecule has 0 aromatic heterocycles. The van der Waals surface area contributed by atoms with E-state index in [4.69, 9.17) is 5.73 Å². The van der Waals surface area contributed by atoms with Crippen molar-refractivity contribution in [2.24, 2.45) is 5.73 Å². The summed E-state index contributed by atoms with van der Waals surface area (Å²) in [7, 11) is 0. The Kier molecular flexibility index (Phi) is 3.92. The largest absolute Gasteiger partial charge is 0.550 e. The zero-order valence-corrected chi connectivity index (χ0v) is 6.94. The van der Waals surface area contributed by atoms with Crippen molar-refractivity contribution >= 4 is 29.2 Å². The molecule has 0 aromatic carbocycles. The molecule has 0 radical (unpaired) electrons. The molecular formula is C6H7N2O3S-. The molecule has 12 heavy (non-hydrogen) atoms. The fraction of sp³-hybridized carbons (Fsp3) is 0.167. The number of nitrogens with two attached hydrogens (primary N) is 1. The van der Waals surface area contributed by atoms with Crippen molar-refractivity contribution in [1.82, 2.24) is 5.32 Å². The topological polar surface area (TPSA) is 95.2 Å². The van der Waals surface area contributed by atoms with Crippen molar-refractivity contribution in [2.45, 2.75) is 6.42 Å². The first-order valence-electron chi connectivity index (χ1n) is 2.92. The van der Waals surface area contributed by atoms with E-state index in [0.29, 0.717) is 0 Å². The molecule has 0 aliphatic heterocycles. The van der Waals surface area contributed by atoms with E-state index >= 15 is 0 Å². The fourth-order valence-corrected chi connectivity index (χ4v) is 0.547. The Morgan fingerprint density at radius 3 is 2.42 bits per heavy atom. The molecule has 5 nitrogen and oxygen atoms in total. The van der Waals surface area contributed by atoms with E-state index in [-0.39, 0.29) is 10.7 Å². The van der Waals surface area contributed by atoms with E-state index in [1.165, 1.54) is 0 Å². The molecule has 6 heteroatoms. The van der Waals surface area contributed by atoms with Crippen molar-refractivity contribution in [3.05, 3.63) is 12.2 Å². The molecule has 0 spiro atoms. The molecule has 0 atom stereocenters. The van der Waals surface area contributed by atoms with Gasteiger partial charge in [0.1, 0.15) is 0 Å². The lowest BCUT2D eigenvalue weighted by molar-refractivity contribution is -0.304. The molecule has 0 aliphatic carbocycles. The van der Waals surface area contributed by atoms with Crippen LogP contribution in [0.5, 0.6) is 0 Å². The lowest BCUT2D eigenvalue weighted by Gasteiger charge is -2.05. The smallest absolute Gasteiger partial charge is 0.253 e. The number of carbonyl (C=O) groups is 2. The Labute approximate surface area is 74.2 Å². The minimum absolute atomic E-state index is 0.150. The van der Waals surface area contributed by atoms with Crippen molar-refractivity contribution in [3.63, 3.8) is 0 Å². The average molecular weight is 187 g/mol. The van der Waals surface area contributed by atoms with Gasteiger partial charge in [-0.3, -0.25) is 10.1 Å². The first-order chi connectivity index (χ1) is 5.43. The Bertz CT molecular complexity index is 223. The number of carboxylic acid groups (broad SMARTS) is 1. The van der Waals surface area contributed by atoms with Gasteiger partial charge in [-0.25, -0.2) is 0 Å². The summed E-state index contributed by atoms with van der Waals surface area (Å²) in [5, 5.41) is 11.8. The molecule has 0 unspecified atom stereocenters. The minimum Gasteiger partial charge on any atom is -0.550 e. The predicted octanol–water partition coefficient (Wildman–Crippen LogP) is -1.96. The summed E-state index contributed by atoms with van der Waals surface area (Å²) in [5.41, 5.74) is 4.81. The summed E-state index contributed by atoms with van der Waals surface area (Å²) in [4.78, 5) is 20.8. The first kappa shape index (κ1) is 10.6. The number of carboxylic acids is 1. The van der Waals surface area contributed by atoms with E-state index in [1.807, 2.05) is 5.32 Å². The van der Waals surface area contributed by atoms with Crippen LogP contribution in [0, 0.1) is 0 Å². The average Bonchev–Trinajstić information content (AvgIpc) is 1.84. The standard InChI is InChI=1S/C6H8N2O3S/c1-3(2-4(9)10)5(11)8-6(7)12/h1-2H2,(H,9,10)(H3,7,8,11,12)/p-1. The summed E-state index contributed by atoms with van der Waals surface area (Å²) in [5.74, 6) is -2.08. The highest BCUT2D eigenvalue weighted by atomic mass is 32.1. The van der Waals surface area contributed by atoms with E-state index in [0.717, 1.165) is 0 Å². The maximum absolute atomic E-state index is 10.8. The zero-order chi connectivity index (χ0) is 9.72. The third-order valence-corrected chi connectivity index (χ3v) is 1.02. The van der Waals surface area contributed by atoms with E-state index in [1.54, 1.807) is 0 Å². The maximum Gasteiger partial charge on any atom is 0.253 e. The van der Waals surface area contributed by atoms with Crippen LogP contribution in [0.2, 0.25) is 0 Å². The van der Waals surface area contributed by atoms with Crippen LogP contribution in [0.4, 0.5) is 0 Å². The molecule has 0 aromatic rings. The van der Waals surface area contributed by atoms with Crippen LogP contribution in [0.1, 0.15) is 6.42 Å². The molecule has 0 aliphatic rings. The highest BCUT2D eigenvalue weighted by molar-refractivity contribution is 7.80. The van der Waals surface area contributed by atoms with Gasteiger partial charge in [0.25, 0.3) is 5.91 Å². The molecule has 0 saturated carbocycles. The van der Waals surface area contributed by atoms with Gasteiger partial charge in [-0.2, -0.15) is 0 Å². The van der Waals surface area contributed by atoms with Crippen molar-refractivity contribution < 1.29 is 14.7 Å². The Morgan fingerprint density at radius 1 is 1.58 bits per heavy atom. The summed E-state index contributed by atoms with van der Waals surface area (Å²) >= 11 is 4.35. The molecule has 0 heterocycles. The summed E-state index contributed by atoms with van der Waals surface area (Å²) < 4.78 is 0. The van der Waals surface area contributed by atoms with Crippen LogP contribution in [0.3, 0.4) is 0 Å². The van der Waals surface area contributed by atoms with Gasteiger partial charge in [0.15, 0.2) is 5.11 Å². The number of carbonyl (C=O) groups excluding carboxylic acids is 2. The lowest BCUT2D eigenvalue weighted by Crippen LogP contribution is -2.36. The Hall–Kier alpha value is -1.43. The third kappa shape index (κ3) is 4.40. The monoisotopic (exact) mass is 187 g/mol. The van der Waals surface area contributed by atoms with Crippen LogP contribution in [0.25, 0.3) is 0 Å². The molecule has 0 saturated heterocycles. The quantitative estimate of drug-likeness (QED) is 0.395. The first-order valence-corrected chi connectivity index (χ1v) is 3.32. The number of thiocarbonyl (C=S) groups is 1. The van der Waals surface area contributed by atoms with Gasteiger partial charge < -0.3 is 15.6 Å². The summed E-state index contributed by atoms with van der Waals surface area (Å²) in [6.07, 6.45) is -0.533. The second kappa shape index (κ2) is 4.45. The Morgan fingerprint density at radius 2 is 2.08 bits per heavy atom. The van der Waals surface area contributed by atoms with Crippen molar-refractivity contribution in [3.8, 4) is 0 Å². The highest BCUT2D eigenvalue weighted by Gasteiger charge is 2.06. The molecule has 0 rings (SSSR count). The van der Waals surface area contributed by atoms with E-state index < -0.39 is 18.3 Å². The predicted molar refractivity (Wildman–Crippen MR) is 43.7 cm³/mol. The number of hydrogen-bond acceptors (Lipinski definition) is 4. The molecule has 66 valence electrons. The third-order valence-electron chi connectivity index (χ3n) is 0.916. The van der Waals surface area contributed by atoms with Crippen LogP contribution >= 0.6 is 12.2 Å². The summed E-state index contributed by atoms with van der Waals surface area (Å²) in [6, 6.07) is 0. The fourth-order valence-electron chi connectivity index (χ4n) is 0.455. The van der Waals surface area contributed by atoms with Crippen LogP contribution in [0.15, 0.2) is 12.2 Å². The van der Waals surface area contributed by atoms with E-state index in [9.17, 15) is 14.7 Å². The highest BCUT2D eigenvalue weighted by Crippen LogP contribution is 1.95. The van der Waals surface area contributed by atoms with Crippen molar-refractivity contribution in [2.75, 3.05) is 0 Å². The van der Waals surface area contributed by atoms with E-state index in [2.05, 4.69) is 18.8 Å². The normalized spacial score (nSPS) is 8.67. The number of rotatable bonds is 3. The number of nitrogens with one attached hydrogen (secondary N) is 1. The van der Waals surface area contributed by atoms with Crippen LogP contribution in [-0.4, -0.2) is 17.0 Å². The zero-order valence-electron chi connectivity index (χ0n) is 6.12. The van der Waals surface area contributed by atoms with Gasteiger partial charge in [0.2, 0.25) is 0 Å². The molecule has 0 fully saturated rings. The van der Waals surface area contributed by atoms with Crippen LogP contribution in [-0.2, 0) is 9.59 Å². The maximum atomic E-state index is 10.8. The van der Waals surface area contributed by atoms with Gasteiger partial charge in [-0.1, -0.05) is 6.58 Å². The lowest BCUT2D eigenvalue weighted by atomic mass is 10.2. The van der Waals surface area contributed by atoms with Gasteiger partial charge in [0, 0.05) is 18.0 Å². The van der Waals surface area contributed by atoms with Crippen molar-refractivity contribution in [1.29, 1.82) is 0 Å². The second-order valence-corrected chi connectivity index (χ2v) is 2.41. The molecule has 3 N–H and O–H groups in total. The van der Waals surface area contributed by atoms with Gasteiger partial charge in [0.05, 0.1) is 0 Å². The minimum atomic E-state index is -1.38. The molecule has 1 amide bonds. The second-order valence-electron chi connectivity index (χ2n) is 1.97. The number of amides is 1.